The molecule has 2 rings (SSSR count). The summed E-state index contributed by atoms with van der Waals surface area (Å²) in [5.41, 5.74) is 7.74. The minimum atomic E-state index is -0.576. The van der Waals surface area contributed by atoms with Crippen molar-refractivity contribution in [3.8, 4) is 5.75 Å². The molecule has 1 aromatic rings. The number of unbranched alkanes of at least 4 members (excludes halogenated alkanes) is 1. The Labute approximate surface area is 207 Å². The molecule has 1 aliphatic carbocycles. The van der Waals surface area contributed by atoms with Crippen molar-refractivity contribution < 1.29 is 14.6 Å². The molecule has 0 heterocycles. The van der Waals surface area contributed by atoms with Gasteiger partial charge in [0.05, 0.1) is 13.2 Å². The Balaban J connectivity index is 0.00000544. The molecule has 0 bridgehead atoms. The van der Waals surface area contributed by atoms with Crippen molar-refractivity contribution in [3.63, 3.8) is 0 Å². The molecule has 33 heavy (non-hydrogen) atoms. The van der Waals surface area contributed by atoms with Crippen LogP contribution in [0.25, 0.3) is 0 Å². The van der Waals surface area contributed by atoms with Crippen LogP contribution in [0.15, 0.2) is 24.3 Å². The third kappa shape index (κ3) is 9.84. The molecule has 4 N–H and O–H groups in total. The van der Waals surface area contributed by atoms with E-state index in [1.165, 1.54) is 6.42 Å². The maximum atomic E-state index is 12.8. The van der Waals surface area contributed by atoms with Gasteiger partial charge in [0.25, 0.3) is 0 Å². The zero-order chi connectivity index (χ0) is 23.6. The number of ether oxygens (including phenoxy) is 1. The van der Waals surface area contributed by atoms with Gasteiger partial charge in [-0.1, -0.05) is 58.6 Å². The lowest BCUT2D eigenvalue weighted by Crippen LogP contribution is -2.46. The number of aliphatic hydroxyl groups is 1. The highest BCUT2D eigenvalue weighted by atomic mass is 35.5. The Kier molecular flexibility index (Phi) is 13.4. The van der Waals surface area contributed by atoms with Crippen molar-refractivity contribution in [3.05, 3.63) is 29.8 Å². The number of nitrogens with two attached hydrogens (primary N) is 1. The van der Waals surface area contributed by atoms with E-state index in [0.29, 0.717) is 13.0 Å². The first-order chi connectivity index (χ1) is 15.3. The number of methoxy groups -OCH3 is 1. The molecule has 0 aromatic heterocycles. The third-order valence-electron chi connectivity index (χ3n) is 7.16. The summed E-state index contributed by atoms with van der Waals surface area (Å²) in [6.07, 6.45) is 9.04. The first-order valence-corrected chi connectivity index (χ1v) is 12.7. The van der Waals surface area contributed by atoms with Crippen molar-refractivity contribution >= 4 is 18.3 Å². The van der Waals surface area contributed by atoms with E-state index in [2.05, 4.69) is 32.2 Å². The number of benzene rings is 1. The summed E-state index contributed by atoms with van der Waals surface area (Å²) in [6.45, 7) is 6.96. The summed E-state index contributed by atoms with van der Waals surface area (Å²) in [4.78, 5) is 12.8. The van der Waals surface area contributed by atoms with Gasteiger partial charge in [-0.2, -0.15) is 0 Å². The Bertz CT molecular complexity index is 692. The number of nitrogens with one attached hydrogen (secondary N) is 1. The zero-order valence-corrected chi connectivity index (χ0v) is 22.0. The largest absolute Gasteiger partial charge is 0.497 e. The van der Waals surface area contributed by atoms with Gasteiger partial charge in [-0.15, -0.1) is 12.4 Å². The van der Waals surface area contributed by atoms with E-state index in [4.69, 9.17) is 10.5 Å². The van der Waals surface area contributed by atoms with Gasteiger partial charge in [-0.05, 0) is 68.1 Å². The Hall–Kier alpha value is -1.30. The highest BCUT2D eigenvalue weighted by molar-refractivity contribution is 5.85. The van der Waals surface area contributed by atoms with Gasteiger partial charge in [0.1, 0.15) is 5.75 Å². The molecule has 0 saturated heterocycles. The lowest BCUT2D eigenvalue weighted by molar-refractivity contribution is -0.127. The molecule has 3 atom stereocenters. The van der Waals surface area contributed by atoms with E-state index in [9.17, 15) is 9.90 Å². The molecule has 3 unspecified atom stereocenters. The van der Waals surface area contributed by atoms with Gasteiger partial charge < -0.3 is 20.9 Å². The number of aliphatic hydroxyl groups excluding tert-OH is 1. The third-order valence-corrected chi connectivity index (χ3v) is 7.16. The van der Waals surface area contributed by atoms with Crippen LogP contribution in [0, 0.1) is 17.8 Å². The van der Waals surface area contributed by atoms with Crippen LogP contribution in [0.3, 0.4) is 0 Å². The van der Waals surface area contributed by atoms with Gasteiger partial charge in [0.15, 0.2) is 0 Å². The molecule has 1 amide bonds. The molecule has 0 spiro atoms. The smallest absolute Gasteiger partial charge is 0.223 e. The highest BCUT2D eigenvalue weighted by Gasteiger charge is 2.35. The van der Waals surface area contributed by atoms with E-state index in [-0.39, 0.29) is 41.6 Å². The standard InChI is InChI=1S/C27H46N2O3.ClH/c1-5-6-15-29-26(31)24(20(2)3)18-25(30)22(19-27(28)13-8-7-9-14-27)16-21-11-10-12-23(17-21)32-4;/h10-12,17,20,22,24-25,30H,5-9,13-16,18-19,28H2,1-4H3,(H,29,31);1H. The van der Waals surface area contributed by atoms with Crippen LogP contribution >= 0.6 is 12.4 Å². The van der Waals surface area contributed by atoms with Crippen LogP contribution < -0.4 is 15.8 Å². The Morgan fingerprint density at radius 2 is 1.94 bits per heavy atom. The summed E-state index contributed by atoms with van der Waals surface area (Å²) in [6, 6.07) is 8.06. The first-order valence-electron chi connectivity index (χ1n) is 12.7. The van der Waals surface area contributed by atoms with Crippen molar-refractivity contribution in [2.24, 2.45) is 23.5 Å². The maximum Gasteiger partial charge on any atom is 0.223 e. The fourth-order valence-electron chi connectivity index (χ4n) is 5.08. The Morgan fingerprint density at radius 1 is 1.24 bits per heavy atom. The molecule has 1 fully saturated rings. The summed E-state index contributed by atoms with van der Waals surface area (Å²) >= 11 is 0. The molecule has 6 heteroatoms. The fraction of sp³-hybridized carbons (Fsp3) is 0.741. The van der Waals surface area contributed by atoms with Gasteiger partial charge >= 0.3 is 0 Å². The molecule has 0 aliphatic heterocycles. The van der Waals surface area contributed by atoms with Gasteiger partial charge in [0, 0.05) is 18.0 Å². The molecular weight excluding hydrogens is 436 g/mol. The number of rotatable bonds is 13. The molecule has 0 radical (unpaired) electrons. The van der Waals surface area contributed by atoms with Crippen LogP contribution in [0.4, 0.5) is 0 Å². The number of hydrogen-bond acceptors (Lipinski definition) is 4. The predicted octanol–water partition coefficient (Wildman–Crippen LogP) is 5.27. The lowest BCUT2D eigenvalue weighted by atomic mass is 9.72. The summed E-state index contributed by atoms with van der Waals surface area (Å²) in [5, 5.41) is 14.5. The monoisotopic (exact) mass is 482 g/mol. The lowest BCUT2D eigenvalue weighted by Gasteiger charge is -2.38. The zero-order valence-electron chi connectivity index (χ0n) is 21.1. The van der Waals surface area contributed by atoms with E-state index in [1.807, 2.05) is 18.2 Å². The second-order valence-electron chi connectivity index (χ2n) is 10.2. The molecule has 5 nitrogen and oxygen atoms in total. The molecule has 1 aromatic carbocycles. The van der Waals surface area contributed by atoms with E-state index >= 15 is 0 Å². The van der Waals surface area contributed by atoms with Crippen LogP contribution in [0.1, 0.15) is 84.1 Å². The van der Waals surface area contributed by atoms with Gasteiger partial charge in [0.2, 0.25) is 5.91 Å². The Morgan fingerprint density at radius 3 is 2.55 bits per heavy atom. The van der Waals surface area contributed by atoms with Crippen molar-refractivity contribution in [2.75, 3.05) is 13.7 Å². The first kappa shape index (κ1) is 29.7. The fourth-order valence-corrected chi connectivity index (χ4v) is 5.08. The maximum absolute atomic E-state index is 12.8. The van der Waals surface area contributed by atoms with Crippen LogP contribution in [-0.4, -0.2) is 36.3 Å². The number of halogens is 1. The van der Waals surface area contributed by atoms with Gasteiger partial charge in [-0.3, -0.25) is 4.79 Å². The summed E-state index contributed by atoms with van der Waals surface area (Å²) in [7, 11) is 1.67. The summed E-state index contributed by atoms with van der Waals surface area (Å²) < 4.78 is 5.40. The van der Waals surface area contributed by atoms with Gasteiger partial charge in [-0.25, -0.2) is 0 Å². The topological polar surface area (TPSA) is 84.6 Å². The van der Waals surface area contributed by atoms with E-state index in [1.54, 1.807) is 7.11 Å². The van der Waals surface area contributed by atoms with E-state index < -0.39 is 6.10 Å². The average Bonchev–Trinajstić information content (AvgIpc) is 2.77. The quantitative estimate of drug-likeness (QED) is 0.334. The number of carbonyl (C=O) groups excluding carboxylic acids is 1. The normalized spacial score (nSPS) is 18.2. The van der Waals surface area contributed by atoms with Crippen molar-refractivity contribution in [1.82, 2.24) is 5.32 Å². The van der Waals surface area contributed by atoms with E-state index in [0.717, 1.165) is 62.7 Å². The predicted molar refractivity (Wildman–Crippen MR) is 139 cm³/mol. The second-order valence-corrected chi connectivity index (χ2v) is 10.2. The summed E-state index contributed by atoms with van der Waals surface area (Å²) in [5.74, 6) is 0.869. The molecule has 1 saturated carbocycles. The van der Waals surface area contributed by atoms with Crippen LogP contribution in [-0.2, 0) is 11.2 Å². The number of hydrogen-bond donors (Lipinski definition) is 3. The van der Waals surface area contributed by atoms with Crippen LogP contribution in [0.5, 0.6) is 5.75 Å². The average molecular weight is 483 g/mol. The molecular formula is C27H47ClN2O3. The van der Waals surface area contributed by atoms with Crippen LogP contribution in [0.2, 0.25) is 0 Å². The minimum Gasteiger partial charge on any atom is -0.497 e. The minimum absolute atomic E-state index is 0. The molecule has 1 aliphatic rings. The van der Waals surface area contributed by atoms with Crippen molar-refractivity contribution in [1.29, 1.82) is 0 Å². The van der Waals surface area contributed by atoms with Crippen molar-refractivity contribution in [2.45, 2.75) is 96.6 Å². The second kappa shape index (κ2) is 14.9. The number of carbonyl (C=O) groups is 1. The SMILES string of the molecule is CCCCNC(=O)C(CC(O)C(Cc1cccc(OC)c1)CC1(N)CCCCC1)C(C)C.Cl. The molecule has 190 valence electrons. The number of amides is 1. The highest BCUT2D eigenvalue weighted by Crippen LogP contribution is 2.35.